The molecule has 3 nitrogen and oxygen atoms in total. The molecule has 0 radical (unpaired) electrons. The molecule has 13 rings (SSSR count). The van der Waals surface area contributed by atoms with E-state index >= 15 is 0 Å². The third-order valence-corrected chi connectivity index (χ3v) is 12.9. The number of hydrogen-bond acceptors (Lipinski definition) is 3. The van der Waals surface area contributed by atoms with E-state index in [0.717, 1.165) is 88.6 Å². The monoisotopic (exact) mass is 803 g/mol. The van der Waals surface area contributed by atoms with E-state index in [1.165, 1.54) is 38.1 Å². The molecule has 2 heterocycles. The zero-order chi connectivity index (χ0) is 41.4. The molecule has 0 unspecified atom stereocenters. The SMILES string of the molecule is c1ccc(N(c2ccc(-c3cccc4c3ccc3ccccc34)cc2)c2ccc(-c3cccc4c3oc3ccccc34)cc2)c(-c2cccc3oc4cc5ccccc5cc4c23)c1. The molecule has 294 valence electrons. The molecule has 0 N–H and O–H groups in total. The second-order valence-electron chi connectivity index (χ2n) is 16.4. The fourth-order valence-electron chi connectivity index (χ4n) is 9.91. The number of nitrogens with zero attached hydrogens (tertiary/aromatic N) is 1. The van der Waals surface area contributed by atoms with Crippen molar-refractivity contribution < 1.29 is 8.83 Å². The largest absolute Gasteiger partial charge is 0.456 e. The van der Waals surface area contributed by atoms with Gasteiger partial charge in [-0.05, 0) is 109 Å². The van der Waals surface area contributed by atoms with E-state index in [9.17, 15) is 0 Å². The summed E-state index contributed by atoms with van der Waals surface area (Å²) in [5.74, 6) is 0. The number of para-hydroxylation sites is 3. The zero-order valence-corrected chi connectivity index (χ0v) is 34.1. The molecule has 63 heavy (non-hydrogen) atoms. The minimum Gasteiger partial charge on any atom is -0.456 e. The summed E-state index contributed by atoms with van der Waals surface area (Å²) in [6.45, 7) is 0. The predicted molar refractivity (Wildman–Crippen MR) is 265 cm³/mol. The molecule has 0 saturated heterocycles. The molecule has 2 aromatic heterocycles. The lowest BCUT2D eigenvalue weighted by Gasteiger charge is -2.28. The quantitative estimate of drug-likeness (QED) is 0.157. The van der Waals surface area contributed by atoms with E-state index < -0.39 is 0 Å². The number of fused-ring (bicyclic) bond motifs is 10. The first-order chi connectivity index (χ1) is 31.2. The van der Waals surface area contributed by atoms with E-state index in [2.05, 4.69) is 217 Å². The molecule has 0 amide bonds. The van der Waals surface area contributed by atoms with Gasteiger partial charge in [-0.25, -0.2) is 0 Å². The van der Waals surface area contributed by atoms with Gasteiger partial charge in [0.2, 0.25) is 0 Å². The van der Waals surface area contributed by atoms with E-state index in [1.807, 2.05) is 12.1 Å². The van der Waals surface area contributed by atoms with Crippen LogP contribution in [-0.2, 0) is 0 Å². The smallest absolute Gasteiger partial charge is 0.143 e. The van der Waals surface area contributed by atoms with Crippen molar-refractivity contribution in [2.75, 3.05) is 4.90 Å². The molecule has 0 spiro atoms. The Labute approximate surface area is 363 Å². The Morgan fingerprint density at radius 1 is 0.286 bits per heavy atom. The van der Waals surface area contributed by atoms with Crippen LogP contribution < -0.4 is 4.90 Å². The standard InChI is InChI=1S/C60H37NO2/c1-2-14-42-37-58-54(36-41(42)13-1)59-52(21-11-25-57(59)62-58)50-16-5-7-23-55(50)61(44-33-28-40(29-34-44)47-19-10-22-53-51-17-6-8-24-56(51)63-60(47)53)43-31-26-39(27-32-43)46-18-9-20-48-45-15-4-3-12-38(45)30-35-49(46)48/h1-37H. The Morgan fingerprint density at radius 2 is 0.857 bits per heavy atom. The number of rotatable bonds is 6. The van der Waals surface area contributed by atoms with Gasteiger partial charge >= 0.3 is 0 Å². The Kier molecular flexibility index (Phi) is 7.91. The summed E-state index contributed by atoms with van der Waals surface area (Å²) in [6, 6.07) is 80.5. The van der Waals surface area contributed by atoms with Crippen LogP contribution in [0.3, 0.4) is 0 Å². The lowest BCUT2D eigenvalue weighted by molar-refractivity contribution is 0.669. The fraction of sp³-hybridized carbons (Fsp3) is 0. The van der Waals surface area contributed by atoms with Crippen molar-refractivity contribution in [2.45, 2.75) is 0 Å². The van der Waals surface area contributed by atoms with Crippen LogP contribution in [0, 0.1) is 0 Å². The Morgan fingerprint density at radius 3 is 1.67 bits per heavy atom. The van der Waals surface area contributed by atoms with Crippen LogP contribution >= 0.6 is 0 Å². The maximum Gasteiger partial charge on any atom is 0.143 e. The molecule has 0 aliphatic heterocycles. The van der Waals surface area contributed by atoms with Crippen molar-refractivity contribution in [3.63, 3.8) is 0 Å². The number of anilines is 3. The van der Waals surface area contributed by atoms with E-state index in [4.69, 9.17) is 8.83 Å². The Balaban J connectivity index is 0.983. The van der Waals surface area contributed by atoms with Crippen molar-refractivity contribution in [1.29, 1.82) is 0 Å². The van der Waals surface area contributed by atoms with Crippen LogP contribution in [0.5, 0.6) is 0 Å². The van der Waals surface area contributed by atoms with Crippen LogP contribution in [-0.4, -0.2) is 0 Å². The van der Waals surface area contributed by atoms with Crippen molar-refractivity contribution in [3.8, 4) is 33.4 Å². The first kappa shape index (κ1) is 35.4. The highest BCUT2D eigenvalue weighted by atomic mass is 16.3. The average molecular weight is 804 g/mol. The summed E-state index contributed by atoms with van der Waals surface area (Å²) < 4.78 is 13.1. The van der Waals surface area contributed by atoms with Gasteiger partial charge in [-0.2, -0.15) is 0 Å². The molecule has 0 atom stereocenters. The summed E-state index contributed by atoms with van der Waals surface area (Å²) in [5.41, 5.74) is 13.5. The van der Waals surface area contributed by atoms with Gasteiger partial charge in [-0.3, -0.25) is 0 Å². The van der Waals surface area contributed by atoms with Gasteiger partial charge in [0.25, 0.3) is 0 Å². The molecule has 3 heteroatoms. The van der Waals surface area contributed by atoms with Gasteiger partial charge in [0.05, 0.1) is 5.69 Å². The van der Waals surface area contributed by atoms with Crippen molar-refractivity contribution in [1.82, 2.24) is 0 Å². The molecule has 0 saturated carbocycles. The molecular weight excluding hydrogens is 767 g/mol. The number of furan rings is 2. The molecule has 13 aromatic rings. The summed E-state index contributed by atoms with van der Waals surface area (Å²) in [4.78, 5) is 2.39. The van der Waals surface area contributed by atoms with Crippen molar-refractivity contribution in [2.24, 2.45) is 0 Å². The van der Waals surface area contributed by atoms with Gasteiger partial charge in [0, 0.05) is 44.0 Å². The molecule has 11 aromatic carbocycles. The van der Waals surface area contributed by atoms with E-state index in [-0.39, 0.29) is 0 Å². The van der Waals surface area contributed by atoms with Crippen molar-refractivity contribution >= 4 is 93.3 Å². The average Bonchev–Trinajstić information content (AvgIpc) is 3.92. The van der Waals surface area contributed by atoms with Gasteiger partial charge in [-0.15, -0.1) is 0 Å². The summed E-state index contributed by atoms with van der Waals surface area (Å²) >= 11 is 0. The van der Waals surface area contributed by atoms with Gasteiger partial charge < -0.3 is 13.7 Å². The highest BCUT2D eigenvalue weighted by Crippen LogP contribution is 2.46. The van der Waals surface area contributed by atoms with E-state index in [0.29, 0.717) is 0 Å². The zero-order valence-electron chi connectivity index (χ0n) is 34.1. The highest BCUT2D eigenvalue weighted by Gasteiger charge is 2.22. The van der Waals surface area contributed by atoms with E-state index in [1.54, 1.807) is 0 Å². The third-order valence-electron chi connectivity index (χ3n) is 12.9. The second-order valence-corrected chi connectivity index (χ2v) is 16.4. The maximum atomic E-state index is 6.59. The summed E-state index contributed by atoms with van der Waals surface area (Å²) in [7, 11) is 0. The number of benzene rings is 11. The van der Waals surface area contributed by atoms with Crippen LogP contribution in [0.25, 0.3) is 110 Å². The van der Waals surface area contributed by atoms with Gasteiger partial charge in [0.1, 0.15) is 22.3 Å². The molecule has 0 aliphatic carbocycles. The first-order valence-corrected chi connectivity index (χ1v) is 21.5. The molecule has 0 aliphatic rings. The van der Waals surface area contributed by atoms with Gasteiger partial charge in [-0.1, -0.05) is 170 Å². The molecule has 0 bridgehead atoms. The maximum absolute atomic E-state index is 6.59. The van der Waals surface area contributed by atoms with Crippen LogP contribution in [0.15, 0.2) is 233 Å². The predicted octanol–water partition coefficient (Wildman–Crippen LogP) is 17.4. The lowest BCUT2D eigenvalue weighted by atomic mass is 9.94. The highest BCUT2D eigenvalue weighted by molar-refractivity contribution is 6.17. The first-order valence-electron chi connectivity index (χ1n) is 21.5. The topological polar surface area (TPSA) is 29.5 Å². The van der Waals surface area contributed by atoms with Crippen LogP contribution in [0.2, 0.25) is 0 Å². The summed E-state index contributed by atoms with van der Waals surface area (Å²) in [6.07, 6.45) is 0. The summed E-state index contributed by atoms with van der Waals surface area (Å²) in [5, 5.41) is 11.8. The van der Waals surface area contributed by atoms with Crippen LogP contribution in [0.1, 0.15) is 0 Å². The third kappa shape index (κ3) is 5.67. The van der Waals surface area contributed by atoms with Crippen LogP contribution in [0.4, 0.5) is 17.1 Å². The minimum absolute atomic E-state index is 0.871. The molecular formula is C60H37NO2. The normalized spacial score (nSPS) is 11.8. The van der Waals surface area contributed by atoms with Gasteiger partial charge in [0.15, 0.2) is 0 Å². The number of hydrogen-bond donors (Lipinski definition) is 0. The Bertz CT molecular complexity index is 3910. The minimum atomic E-state index is 0.871. The Hall–Kier alpha value is -8.40. The molecule has 0 fully saturated rings. The second kappa shape index (κ2) is 14.1. The fourth-order valence-corrected chi connectivity index (χ4v) is 9.91. The lowest BCUT2D eigenvalue weighted by Crippen LogP contribution is -2.11. The van der Waals surface area contributed by atoms with Crippen molar-refractivity contribution in [3.05, 3.63) is 224 Å².